The molecule has 1 aliphatic heterocycles. The molecule has 0 unspecified atom stereocenters. The predicted molar refractivity (Wildman–Crippen MR) is 51.3 cm³/mol. The fourth-order valence-corrected chi connectivity index (χ4v) is 2.18. The van der Waals surface area contributed by atoms with Gasteiger partial charge >= 0.3 is 12.1 Å². The molecule has 0 aromatic carbocycles. The Hall–Kier alpha value is -1.52. The minimum Gasteiger partial charge on any atom is -0.481 e. The van der Waals surface area contributed by atoms with Crippen LogP contribution in [-0.2, 0) is 9.53 Å². The molecule has 82 valence electrons. The summed E-state index contributed by atoms with van der Waals surface area (Å²) in [5.74, 6) is -0.683. The highest BCUT2D eigenvalue weighted by Crippen LogP contribution is 2.57. The maximum absolute atomic E-state index is 11.4. The van der Waals surface area contributed by atoms with Crippen molar-refractivity contribution in [3.63, 3.8) is 0 Å². The molecule has 1 aliphatic carbocycles. The monoisotopic (exact) mass is 211 g/mol. The van der Waals surface area contributed by atoms with Crippen LogP contribution in [0.4, 0.5) is 4.79 Å². The van der Waals surface area contributed by atoms with Gasteiger partial charge in [-0.15, -0.1) is 0 Å². The molecule has 0 bridgehead atoms. The number of aliphatic carboxylic acids is 1. The molecule has 0 spiro atoms. The number of ether oxygens (including phenoxy) is 1. The maximum atomic E-state index is 11.4. The third kappa shape index (κ3) is 1.48. The third-order valence-corrected chi connectivity index (χ3v) is 3.15. The zero-order chi connectivity index (χ0) is 11.1. The van der Waals surface area contributed by atoms with Crippen molar-refractivity contribution in [2.45, 2.75) is 6.42 Å². The second-order valence-electron chi connectivity index (χ2n) is 4.11. The van der Waals surface area contributed by atoms with E-state index < -0.39 is 17.5 Å². The van der Waals surface area contributed by atoms with E-state index in [0.29, 0.717) is 13.0 Å². The van der Waals surface area contributed by atoms with Crippen LogP contribution in [0.3, 0.4) is 0 Å². The fourth-order valence-electron chi connectivity index (χ4n) is 2.18. The van der Waals surface area contributed by atoms with E-state index in [1.807, 2.05) is 0 Å². The summed E-state index contributed by atoms with van der Waals surface area (Å²) in [4.78, 5) is 23.8. The number of hydrogen-bond donors (Lipinski definition) is 1. The standard InChI is InChI=1S/C10H13NO4/c1-2-3-15-9(14)11-5-7-4-10(7,6-11)8(12)13/h2,7H,1,3-6H2,(H,12,13)/t7-,10-/m1/s1. The van der Waals surface area contributed by atoms with Crippen LogP contribution in [0, 0.1) is 11.3 Å². The van der Waals surface area contributed by atoms with Crippen LogP contribution < -0.4 is 0 Å². The van der Waals surface area contributed by atoms with Crippen LogP contribution in [0.1, 0.15) is 6.42 Å². The molecule has 2 atom stereocenters. The number of carboxylic acids is 1. The topological polar surface area (TPSA) is 66.8 Å². The summed E-state index contributed by atoms with van der Waals surface area (Å²) in [5.41, 5.74) is -0.673. The zero-order valence-corrected chi connectivity index (χ0v) is 8.31. The molecule has 2 fully saturated rings. The van der Waals surface area contributed by atoms with Gasteiger partial charge in [-0.3, -0.25) is 4.79 Å². The van der Waals surface area contributed by atoms with Gasteiger partial charge in [-0.25, -0.2) is 4.79 Å². The Kier molecular flexibility index (Phi) is 2.17. The van der Waals surface area contributed by atoms with Crippen molar-refractivity contribution < 1.29 is 19.4 Å². The quantitative estimate of drug-likeness (QED) is 0.698. The molecular weight excluding hydrogens is 198 g/mol. The van der Waals surface area contributed by atoms with Crippen molar-refractivity contribution in [1.29, 1.82) is 0 Å². The van der Waals surface area contributed by atoms with E-state index in [1.54, 1.807) is 0 Å². The Morgan fingerprint density at radius 2 is 2.40 bits per heavy atom. The summed E-state index contributed by atoms with van der Waals surface area (Å²) in [6.07, 6.45) is 1.73. The van der Waals surface area contributed by atoms with Crippen LogP contribution in [0.5, 0.6) is 0 Å². The second kappa shape index (κ2) is 3.25. The molecule has 0 aromatic rings. The van der Waals surface area contributed by atoms with Gasteiger partial charge in [-0.05, 0) is 12.3 Å². The molecule has 15 heavy (non-hydrogen) atoms. The van der Waals surface area contributed by atoms with Gasteiger partial charge in [0.15, 0.2) is 0 Å². The van der Waals surface area contributed by atoms with Gasteiger partial charge in [-0.1, -0.05) is 12.7 Å². The SMILES string of the molecule is C=CCOC(=O)N1C[C@H]2C[C@@]2(C(=O)O)C1. The Morgan fingerprint density at radius 3 is 2.93 bits per heavy atom. The first-order chi connectivity index (χ1) is 7.10. The van der Waals surface area contributed by atoms with E-state index >= 15 is 0 Å². The van der Waals surface area contributed by atoms with E-state index in [2.05, 4.69) is 6.58 Å². The van der Waals surface area contributed by atoms with Gasteiger partial charge < -0.3 is 14.7 Å². The molecule has 1 heterocycles. The molecular formula is C10H13NO4. The second-order valence-corrected chi connectivity index (χ2v) is 4.11. The number of carbonyl (C=O) groups excluding carboxylic acids is 1. The Morgan fingerprint density at radius 1 is 1.67 bits per heavy atom. The minimum absolute atomic E-state index is 0.117. The van der Waals surface area contributed by atoms with Crippen molar-refractivity contribution >= 4 is 12.1 Å². The van der Waals surface area contributed by atoms with Gasteiger partial charge in [0.05, 0.1) is 5.41 Å². The predicted octanol–water partition coefficient (Wildman–Crippen LogP) is 0.716. The van der Waals surface area contributed by atoms with Crippen molar-refractivity contribution in [3.05, 3.63) is 12.7 Å². The summed E-state index contributed by atoms with van der Waals surface area (Å²) >= 11 is 0. The number of piperidine rings is 1. The summed E-state index contributed by atoms with van der Waals surface area (Å²) in [6.45, 7) is 4.38. The average molecular weight is 211 g/mol. The highest BCUT2D eigenvalue weighted by atomic mass is 16.6. The van der Waals surface area contributed by atoms with Crippen molar-refractivity contribution in [3.8, 4) is 0 Å². The van der Waals surface area contributed by atoms with E-state index in [9.17, 15) is 9.59 Å². The van der Waals surface area contributed by atoms with Crippen molar-refractivity contribution in [1.82, 2.24) is 4.90 Å². The first-order valence-electron chi connectivity index (χ1n) is 4.86. The largest absolute Gasteiger partial charge is 0.481 e. The number of likely N-dealkylation sites (tertiary alicyclic amines) is 1. The molecule has 5 nitrogen and oxygen atoms in total. The summed E-state index contributed by atoms with van der Waals surface area (Å²) in [5, 5.41) is 8.99. The molecule has 0 radical (unpaired) electrons. The van der Waals surface area contributed by atoms with Crippen LogP contribution in [0.15, 0.2) is 12.7 Å². The smallest absolute Gasteiger partial charge is 0.410 e. The number of hydrogen-bond acceptors (Lipinski definition) is 3. The average Bonchev–Trinajstić information content (AvgIpc) is 2.79. The summed E-state index contributed by atoms with van der Waals surface area (Å²) < 4.78 is 4.84. The van der Waals surface area contributed by atoms with Gasteiger partial charge in [-0.2, -0.15) is 0 Å². The zero-order valence-electron chi connectivity index (χ0n) is 8.31. The number of amides is 1. The van der Waals surface area contributed by atoms with Gasteiger partial charge in [0.2, 0.25) is 0 Å². The lowest BCUT2D eigenvalue weighted by Gasteiger charge is -2.18. The van der Waals surface area contributed by atoms with Crippen LogP contribution in [0.2, 0.25) is 0 Å². The van der Waals surface area contributed by atoms with Crippen LogP contribution in [-0.4, -0.2) is 41.8 Å². The molecule has 1 saturated carbocycles. The lowest BCUT2D eigenvalue weighted by Crippen LogP contribution is -2.34. The number of carbonyl (C=O) groups is 2. The van der Waals surface area contributed by atoms with E-state index in [0.717, 1.165) is 0 Å². The Labute approximate surface area is 87.3 Å². The first kappa shape index (κ1) is 10.0. The summed E-state index contributed by atoms with van der Waals surface area (Å²) in [6, 6.07) is 0. The highest BCUT2D eigenvalue weighted by Gasteiger charge is 2.66. The van der Waals surface area contributed by atoms with E-state index in [4.69, 9.17) is 9.84 Å². The van der Waals surface area contributed by atoms with E-state index in [1.165, 1.54) is 11.0 Å². The highest BCUT2D eigenvalue weighted by molar-refractivity contribution is 5.81. The van der Waals surface area contributed by atoms with Crippen LogP contribution >= 0.6 is 0 Å². The van der Waals surface area contributed by atoms with Gasteiger partial charge in [0.25, 0.3) is 0 Å². The third-order valence-electron chi connectivity index (χ3n) is 3.15. The number of fused-ring (bicyclic) bond motifs is 1. The maximum Gasteiger partial charge on any atom is 0.410 e. The Balaban J connectivity index is 1.92. The number of nitrogens with zero attached hydrogens (tertiary/aromatic N) is 1. The first-order valence-corrected chi connectivity index (χ1v) is 4.86. The molecule has 1 amide bonds. The lowest BCUT2D eigenvalue weighted by molar-refractivity contribution is -0.143. The Bertz CT molecular complexity index is 327. The van der Waals surface area contributed by atoms with Crippen molar-refractivity contribution in [2.75, 3.05) is 19.7 Å². The number of rotatable bonds is 3. The normalized spacial score (nSPS) is 32.0. The molecule has 2 rings (SSSR count). The minimum atomic E-state index is -0.800. The molecule has 0 aromatic heterocycles. The lowest BCUT2D eigenvalue weighted by atomic mass is 10.1. The summed E-state index contributed by atoms with van der Waals surface area (Å²) in [7, 11) is 0. The van der Waals surface area contributed by atoms with Crippen LogP contribution in [0.25, 0.3) is 0 Å². The van der Waals surface area contributed by atoms with Gasteiger partial charge in [0, 0.05) is 13.1 Å². The van der Waals surface area contributed by atoms with Gasteiger partial charge in [0.1, 0.15) is 6.61 Å². The van der Waals surface area contributed by atoms with E-state index in [-0.39, 0.29) is 19.1 Å². The molecule has 5 heteroatoms. The fraction of sp³-hybridized carbons (Fsp3) is 0.600. The number of carboxylic acid groups (broad SMARTS) is 1. The molecule has 2 aliphatic rings. The van der Waals surface area contributed by atoms with Crippen molar-refractivity contribution in [2.24, 2.45) is 11.3 Å². The molecule has 1 N–H and O–H groups in total. The molecule has 1 saturated heterocycles.